The summed E-state index contributed by atoms with van der Waals surface area (Å²) in [5.74, 6) is -0.865. The van der Waals surface area contributed by atoms with Crippen molar-refractivity contribution in [3.8, 4) is 0 Å². The number of pyridine rings is 1. The number of rotatable bonds is 6. The molecule has 0 saturated heterocycles. The van der Waals surface area contributed by atoms with Crippen molar-refractivity contribution in [1.29, 1.82) is 0 Å². The Morgan fingerprint density at radius 1 is 1.58 bits per heavy atom. The van der Waals surface area contributed by atoms with E-state index in [-0.39, 0.29) is 23.2 Å². The highest BCUT2D eigenvalue weighted by Gasteiger charge is 2.20. The fourth-order valence-electron chi connectivity index (χ4n) is 1.57. The van der Waals surface area contributed by atoms with E-state index >= 15 is 0 Å². The number of aliphatic carboxylic acids is 1. The molecule has 0 saturated carbocycles. The van der Waals surface area contributed by atoms with Gasteiger partial charge in [-0.2, -0.15) is 0 Å². The van der Waals surface area contributed by atoms with Crippen LogP contribution in [0.3, 0.4) is 0 Å². The van der Waals surface area contributed by atoms with Crippen molar-refractivity contribution in [3.63, 3.8) is 0 Å². The standard InChI is InChI=1S/C11H16N4O4/c1-6(2)5-7(11(16)17)13-9-4-3-8(15(18)19)10(12)14-9/h3-4,6-7H,5H2,1-2H3,(H,16,17)(H3,12,13,14). The topological polar surface area (TPSA) is 131 Å². The van der Waals surface area contributed by atoms with Crippen molar-refractivity contribution < 1.29 is 14.8 Å². The van der Waals surface area contributed by atoms with Crippen LogP contribution in [0.1, 0.15) is 20.3 Å². The molecule has 1 aromatic heterocycles. The van der Waals surface area contributed by atoms with Crippen molar-refractivity contribution in [2.24, 2.45) is 5.92 Å². The van der Waals surface area contributed by atoms with E-state index in [1.54, 1.807) is 0 Å². The molecule has 0 aliphatic rings. The number of hydrogen-bond acceptors (Lipinski definition) is 6. The molecule has 1 rings (SSSR count). The van der Waals surface area contributed by atoms with Crippen LogP contribution in [0.15, 0.2) is 12.1 Å². The number of anilines is 2. The first kappa shape index (κ1) is 14.7. The zero-order valence-electron chi connectivity index (χ0n) is 10.7. The third-order valence-corrected chi connectivity index (χ3v) is 2.43. The van der Waals surface area contributed by atoms with Gasteiger partial charge in [-0.05, 0) is 18.4 Å². The van der Waals surface area contributed by atoms with Gasteiger partial charge in [0.15, 0.2) is 0 Å². The maximum absolute atomic E-state index is 11.1. The van der Waals surface area contributed by atoms with Gasteiger partial charge in [0.05, 0.1) is 4.92 Å². The Hall–Kier alpha value is -2.38. The summed E-state index contributed by atoms with van der Waals surface area (Å²) < 4.78 is 0. The first-order chi connectivity index (χ1) is 8.81. The van der Waals surface area contributed by atoms with Gasteiger partial charge >= 0.3 is 11.7 Å². The van der Waals surface area contributed by atoms with Gasteiger partial charge in [-0.3, -0.25) is 10.1 Å². The average Bonchev–Trinajstić information content (AvgIpc) is 2.26. The van der Waals surface area contributed by atoms with Crippen LogP contribution in [0.25, 0.3) is 0 Å². The van der Waals surface area contributed by atoms with Crippen molar-refractivity contribution in [2.75, 3.05) is 11.1 Å². The van der Waals surface area contributed by atoms with Gasteiger partial charge in [-0.25, -0.2) is 9.78 Å². The van der Waals surface area contributed by atoms with Crippen LogP contribution < -0.4 is 11.1 Å². The minimum absolute atomic E-state index is 0.184. The molecular weight excluding hydrogens is 252 g/mol. The third-order valence-electron chi connectivity index (χ3n) is 2.43. The Labute approximate surface area is 109 Å². The quantitative estimate of drug-likeness (QED) is 0.525. The highest BCUT2D eigenvalue weighted by Crippen LogP contribution is 2.21. The lowest BCUT2D eigenvalue weighted by atomic mass is 10.0. The summed E-state index contributed by atoms with van der Waals surface area (Å²) in [5, 5.41) is 22.3. The van der Waals surface area contributed by atoms with E-state index in [4.69, 9.17) is 10.8 Å². The Kier molecular flexibility index (Phi) is 4.62. The lowest BCUT2D eigenvalue weighted by molar-refractivity contribution is -0.384. The van der Waals surface area contributed by atoms with Crippen LogP contribution in [-0.2, 0) is 4.79 Å². The van der Waals surface area contributed by atoms with Gasteiger partial charge in [0.1, 0.15) is 11.9 Å². The van der Waals surface area contributed by atoms with E-state index in [1.165, 1.54) is 12.1 Å². The number of nitrogens with two attached hydrogens (primary N) is 1. The molecule has 104 valence electrons. The number of nitrogens with one attached hydrogen (secondary N) is 1. The fraction of sp³-hybridized carbons (Fsp3) is 0.455. The predicted molar refractivity (Wildman–Crippen MR) is 69.8 cm³/mol. The molecule has 1 unspecified atom stereocenters. The second-order valence-electron chi connectivity index (χ2n) is 4.52. The zero-order chi connectivity index (χ0) is 14.6. The Bertz CT molecular complexity index is 490. The first-order valence-corrected chi connectivity index (χ1v) is 5.71. The maximum atomic E-state index is 11.1. The van der Waals surface area contributed by atoms with Crippen molar-refractivity contribution in [2.45, 2.75) is 26.3 Å². The van der Waals surface area contributed by atoms with Crippen molar-refractivity contribution in [3.05, 3.63) is 22.2 Å². The predicted octanol–water partition coefficient (Wildman–Crippen LogP) is 1.48. The third kappa shape index (κ3) is 4.09. The molecular formula is C11H16N4O4. The summed E-state index contributed by atoms with van der Waals surface area (Å²) in [4.78, 5) is 24.8. The monoisotopic (exact) mass is 268 g/mol. The number of nitro groups is 1. The molecule has 0 amide bonds. The Balaban J connectivity index is 2.88. The largest absolute Gasteiger partial charge is 0.480 e. The zero-order valence-corrected chi connectivity index (χ0v) is 10.7. The molecule has 1 heterocycles. The smallest absolute Gasteiger partial charge is 0.326 e. The van der Waals surface area contributed by atoms with Crippen molar-refractivity contribution >= 4 is 23.3 Å². The number of aromatic nitrogens is 1. The summed E-state index contributed by atoms with van der Waals surface area (Å²) >= 11 is 0. The van der Waals surface area contributed by atoms with Gasteiger partial charge in [-0.15, -0.1) is 0 Å². The second kappa shape index (κ2) is 5.98. The molecule has 8 heteroatoms. The second-order valence-corrected chi connectivity index (χ2v) is 4.52. The number of hydrogen-bond donors (Lipinski definition) is 3. The molecule has 1 atom stereocenters. The maximum Gasteiger partial charge on any atom is 0.326 e. The van der Waals surface area contributed by atoms with Crippen LogP contribution in [0, 0.1) is 16.0 Å². The molecule has 0 aromatic carbocycles. The first-order valence-electron chi connectivity index (χ1n) is 5.71. The fourth-order valence-corrected chi connectivity index (χ4v) is 1.57. The van der Waals surface area contributed by atoms with Crippen molar-refractivity contribution in [1.82, 2.24) is 4.98 Å². The molecule has 0 bridgehead atoms. The molecule has 0 spiro atoms. The molecule has 0 aliphatic carbocycles. The van der Waals surface area contributed by atoms with Crippen LogP contribution in [0.2, 0.25) is 0 Å². The summed E-state index contributed by atoms with van der Waals surface area (Å²) in [6.45, 7) is 3.80. The number of nitrogens with zero attached hydrogens (tertiary/aromatic N) is 2. The molecule has 4 N–H and O–H groups in total. The number of nitrogen functional groups attached to an aromatic ring is 1. The van der Waals surface area contributed by atoms with Gasteiger partial charge in [0.25, 0.3) is 0 Å². The number of carboxylic acid groups (broad SMARTS) is 1. The number of carboxylic acids is 1. The molecule has 0 radical (unpaired) electrons. The van der Waals surface area contributed by atoms with E-state index in [0.29, 0.717) is 6.42 Å². The summed E-state index contributed by atoms with van der Waals surface area (Å²) in [6.07, 6.45) is 0.411. The average molecular weight is 268 g/mol. The molecule has 0 fully saturated rings. The lowest BCUT2D eigenvalue weighted by Gasteiger charge is -2.17. The van der Waals surface area contributed by atoms with Gasteiger partial charge in [0.2, 0.25) is 5.82 Å². The molecule has 19 heavy (non-hydrogen) atoms. The molecule has 8 nitrogen and oxygen atoms in total. The minimum atomic E-state index is -1.01. The van der Waals surface area contributed by atoms with E-state index in [9.17, 15) is 14.9 Å². The summed E-state index contributed by atoms with van der Waals surface area (Å²) in [6, 6.07) is 1.72. The highest BCUT2D eigenvalue weighted by molar-refractivity contribution is 5.77. The molecule has 1 aromatic rings. The normalized spacial score (nSPS) is 12.2. The minimum Gasteiger partial charge on any atom is -0.480 e. The van der Waals surface area contributed by atoms with E-state index in [2.05, 4.69) is 10.3 Å². The Morgan fingerprint density at radius 2 is 2.21 bits per heavy atom. The SMILES string of the molecule is CC(C)CC(Nc1ccc([N+](=O)[O-])c(N)n1)C(=O)O. The lowest BCUT2D eigenvalue weighted by Crippen LogP contribution is -2.31. The van der Waals surface area contributed by atoms with Gasteiger partial charge in [-0.1, -0.05) is 13.8 Å². The van der Waals surface area contributed by atoms with E-state index in [0.717, 1.165) is 0 Å². The van der Waals surface area contributed by atoms with E-state index < -0.39 is 16.9 Å². The summed E-state index contributed by atoms with van der Waals surface area (Å²) in [5.41, 5.74) is 5.13. The summed E-state index contributed by atoms with van der Waals surface area (Å²) in [7, 11) is 0. The van der Waals surface area contributed by atoms with Crippen LogP contribution in [0.4, 0.5) is 17.3 Å². The van der Waals surface area contributed by atoms with Crippen LogP contribution in [-0.4, -0.2) is 27.0 Å². The van der Waals surface area contributed by atoms with Crippen LogP contribution in [0.5, 0.6) is 0 Å². The van der Waals surface area contributed by atoms with Gasteiger partial charge in [0, 0.05) is 6.07 Å². The Morgan fingerprint density at radius 3 is 2.63 bits per heavy atom. The number of carbonyl (C=O) groups is 1. The van der Waals surface area contributed by atoms with E-state index in [1.807, 2.05) is 13.8 Å². The highest BCUT2D eigenvalue weighted by atomic mass is 16.6. The van der Waals surface area contributed by atoms with Gasteiger partial charge < -0.3 is 16.2 Å². The van der Waals surface area contributed by atoms with Crippen LogP contribution >= 0.6 is 0 Å². The molecule has 0 aliphatic heterocycles.